The van der Waals surface area contributed by atoms with Gasteiger partial charge in [0.1, 0.15) is 0 Å². The van der Waals surface area contributed by atoms with E-state index in [-0.39, 0.29) is 18.6 Å². The van der Waals surface area contributed by atoms with E-state index in [0.29, 0.717) is 26.2 Å². The topological polar surface area (TPSA) is 61.8 Å². The van der Waals surface area contributed by atoms with Gasteiger partial charge in [0.25, 0.3) is 0 Å². The third-order valence-corrected chi connectivity index (χ3v) is 3.04. The van der Waals surface area contributed by atoms with Gasteiger partial charge in [-0.1, -0.05) is 26.2 Å². The van der Waals surface area contributed by atoms with E-state index in [2.05, 4.69) is 12.2 Å². The second-order valence-electron chi connectivity index (χ2n) is 4.96. The molecule has 0 aromatic rings. The van der Waals surface area contributed by atoms with Gasteiger partial charge in [0.15, 0.2) is 0 Å². The third kappa shape index (κ3) is 10.9. The minimum atomic E-state index is 0.0218. The molecule has 5 heteroatoms. The molecule has 114 valence electrons. The van der Waals surface area contributed by atoms with Crippen molar-refractivity contribution in [1.82, 2.24) is 10.2 Å². The summed E-state index contributed by atoms with van der Waals surface area (Å²) in [5, 5.41) is 12.0. The van der Waals surface area contributed by atoms with Crippen LogP contribution in [0.3, 0.4) is 0 Å². The Labute approximate surface area is 117 Å². The van der Waals surface area contributed by atoms with E-state index in [9.17, 15) is 4.79 Å². The molecular weight excluding hydrogens is 244 g/mol. The number of hydrogen-bond acceptors (Lipinski definition) is 4. The molecule has 0 heterocycles. The van der Waals surface area contributed by atoms with E-state index < -0.39 is 0 Å². The highest BCUT2D eigenvalue weighted by Gasteiger charge is 2.12. The van der Waals surface area contributed by atoms with Crippen LogP contribution >= 0.6 is 0 Å². The third-order valence-electron chi connectivity index (χ3n) is 3.04. The zero-order chi connectivity index (χ0) is 14.5. The summed E-state index contributed by atoms with van der Waals surface area (Å²) in [4.78, 5) is 13.8. The number of aliphatic hydroxyl groups excluding tert-OH is 1. The lowest BCUT2D eigenvalue weighted by atomic mass is 10.1. The summed E-state index contributed by atoms with van der Waals surface area (Å²) in [6.07, 6.45) is 4.59. The number of aliphatic hydroxyl groups is 1. The number of ether oxygens (including phenoxy) is 1. The maximum absolute atomic E-state index is 11.9. The van der Waals surface area contributed by atoms with Crippen molar-refractivity contribution in [3.63, 3.8) is 0 Å². The number of carbonyl (C=O) groups is 1. The van der Waals surface area contributed by atoms with Crippen molar-refractivity contribution in [3.05, 3.63) is 0 Å². The fourth-order valence-electron chi connectivity index (χ4n) is 1.93. The Morgan fingerprint density at radius 3 is 2.68 bits per heavy atom. The fourth-order valence-corrected chi connectivity index (χ4v) is 1.93. The SMILES string of the molecule is CCCCCC(C)NC(=O)CN(CCO)CCOC. The first-order valence-electron chi connectivity index (χ1n) is 7.25. The molecule has 0 spiro atoms. The van der Waals surface area contributed by atoms with E-state index in [1.807, 2.05) is 11.8 Å². The summed E-state index contributed by atoms with van der Waals surface area (Å²) >= 11 is 0. The van der Waals surface area contributed by atoms with Crippen LogP contribution in [0.2, 0.25) is 0 Å². The van der Waals surface area contributed by atoms with E-state index in [4.69, 9.17) is 9.84 Å². The molecule has 1 unspecified atom stereocenters. The van der Waals surface area contributed by atoms with Crippen LogP contribution in [0.5, 0.6) is 0 Å². The number of methoxy groups -OCH3 is 1. The molecule has 0 fully saturated rings. The number of unbranched alkanes of at least 4 members (excludes halogenated alkanes) is 2. The van der Waals surface area contributed by atoms with Gasteiger partial charge in [-0.05, 0) is 13.3 Å². The lowest BCUT2D eigenvalue weighted by Gasteiger charge is -2.21. The van der Waals surface area contributed by atoms with Crippen LogP contribution in [0.15, 0.2) is 0 Å². The predicted octanol–water partition coefficient (Wildman–Crippen LogP) is 1.01. The van der Waals surface area contributed by atoms with Crippen LogP contribution in [-0.4, -0.2) is 61.9 Å². The molecule has 0 aliphatic heterocycles. The zero-order valence-corrected chi connectivity index (χ0v) is 12.7. The van der Waals surface area contributed by atoms with Gasteiger partial charge in [-0.15, -0.1) is 0 Å². The number of nitrogens with one attached hydrogen (secondary N) is 1. The Kier molecular flexibility index (Phi) is 12.0. The van der Waals surface area contributed by atoms with Crippen LogP contribution < -0.4 is 5.32 Å². The largest absolute Gasteiger partial charge is 0.395 e. The number of hydrogen-bond donors (Lipinski definition) is 2. The monoisotopic (exact) mass is 274 g/mol. The number of rotatable bonds is 12. The molecule has 5 nitrogen and oxygen atoms in total. The van der Waals surface area contributed by atoms with Crippen molar-refractivity contribution in [2.75, 3.05) is 40.0 Å². The van der Waals surface area contributed by atoms with Crippen LogP contribution in [0, 0.1) is 0 Å². The molecule has 1 amide bonds. The maximum Gasteiger partial charge on any atom is 0.234 e. The first-order valence-corrected chi connectivity index (χ1v) is 7.25. The Hall–Kier alpha value is -0.650. The van der Waals surface area contributed by atoms with E-state index in [1.54, 1.807) is 7.11 Å². The van der Waals surface area contributed by atoms with Crippen LogP contribution in [0.4, 0.5) is 0 Å². The van der Waals surface area contributed by atoms with Gasteiger partial charge in [-0.25, -0.2) is 0 Å². The fraction of sp³-hybridized carbons (Fsp3) is 0.929. The highest BCUT2D eigenvalue weighted by Crippen LogP contribution is 2.02. The minimum absolute atomic E-state index is 0.0218. The van der Waals surface area contributed by atoms with Gasteiger partial charge in [-0.2, -0.15) is 0 Å². The van der Waals surface area contributed by atoms with Gasteiger partial charge in [0.05, 0.1) is 19.8 Å². The predicted molar refractivity (Wildman–Crippen MR) is 77.1 cm³/mol. The molecule has 0 radical (unpaired) electrons. The number of carbonyl (C=O) groups excluding carboxylic acids is 1. The average molecular weight is 274 g/mol. The van der Waals surface area contributed by atoms with Crippen molar-refractivity contribution in [2.24, 2.45) is 0 Å². The molecule has 0 saturated heterocycles. The summed E-state index contributed by atoms with van der Waals surface area (Å²) in [5.41, 5.74) is 0. The molecule has 0 aromatic carbocycles. The van der Waals surface area contributed by atoms with Crippen LogP contribution in [0.1, 0.15) is 39.5 Å². The van der Waals surface area contributed by atoms with E-state index >= 15 is 0 Å². The normalized spacial score (nSPS) is 12.7. The smallest absolute Gasteiger partial charge is 0.234 e. The molecule has 19 heavy (non-hydrogen) atoms. The minimum Gasteiger partial charge on any atom is -0.395 e. The lowest BCUT2D eigenvalue weighted by molar-refractivity contribution is -0.123. The van der Waals surface area contributed by atoms with Crippen molar-refractivity contribution >= 4 is 5.91 Å². The van der Waals surface area contributed by atoms with Crippen molar-refractivity contribution in [1.29, 1.82) is 0 Å². The summed E-state index contributed by atoms with van der Waals surface area (Å²) in [5.74, 6) is 0.0218. The second-order valence-corrected chi connectivity index (χ2v) is 4.96. The zero-order valence-electron chi connectivity index (χ0n) is 12.7. The standard InChI is InChI=1S/C14H30N2O3/c1-4-5-6-7-13(2)15-14(18)12-16(8-10-17)9-11-19-3/h13,17H,4-12H2,1-3H3,(H,15,18). The summed E-state index contributed by atoms with van der Waals surface area (Å²) in [7, 11) is 1.63. The molecule has 0 aliphatic carbocycles. The molecule has 0 rings (SSSR count). The summed E-state index contributed by atoms with van der Waals surface area (Å²) < 4.78 is 4.99. The highest BCUT2D eigenvalue weighted by molar-refractivity contribution is 5.78. The van der Waals surface area contributed by atoms with Crippen LogP contribution in [0.25, 0.3) is 0 Å². The molecule has 2 N–H and O–H groups in total. The number of nitrogens with zero attached hydrogens (tertiary/aromatic N) is 1. The Morgan fingerprint density at radius 2 is 2.11 bits per heavy atom. The molecule has 0 aromatic heterocycles. The second kappa shape index (κ2) is 12.4. The lowest BCUT2D eigenvalue weighted by Crippen LogP contribution is -2.43. The molecular formula is C14H30N2O3. The Balaban J connectivity index is 3.89. The Morgan fingerprint density at radius 1 is 1.37 bits per heavy atom. The van der Waals surface area contributed by atoms with E-state index in [1.165, 1.54) is 12.8 Å². The van der Waals surface area contributed by atoms with Crippen molar-refractivity contribution < 1.29 is 14.6 Å². The average Bonchev–Trinajstić information content (AvgIpc) is 2.36. The highest BCUT2D eigenvalue weighted by atomic mass is 16.5. The van der Waals surface area contributed by atoms with E-state index in [0.717, 1.165) is 12.8 Å². The molecule has 0 saturated carbocycles. The number of amides is 1. The molecule has 0 bridgehead atoms. The van der Waals surface area contributed by atoms with Gasteiger partial charge in [0.2, 0.25) is 5.91 Å². The van der Waals surface area contributed by atoms with Gasteiger partial charge < -0.3 is 15.2 Å². The summed E-state index contributed by atoms with van der Waals surface area (Å²) in [6.45, 7) is 6.32. The molecule has 0 aliphatic rings. The first-order chi connectivity index (χ1) is 9.13. The Bertz CT molecular complexity index is 225. The quantitative estimate of drug-likeness (QED) is 0.522. The van der Waals surface area contributed by atoms with Crippen LogP contribution in [-0.2, 0) is 9.53 Å². The van der Waals surface area contributed by atoms with Crippen molar-refractivity contribution in [2.45, 2.75) is 45.6 Å². The van der Waals surface area contributed by atoms with Gasteiger partial charge in [0, 0.05) is 26.2 Å². The van der Waals surface area contributed by atoms with Gasteiger partial charge in [-0.3, -0.25) is 9.69 Å². The van der Waals surface area contributed by atoms with Crippen molar-refractivity contribution in [3.8, 4) is 0 Å². The maximum atomic E-state index is 11.9. The molecule has 1 atom stereocenters. The first kappa shape index (κ1) is 18.4. The van der Waals surface area contributed by atoms with Gasteiger partial charge >= 0.3 is 0 Å². The summed E-state index contributed by atoms with van der Waals surface area (Å²) in [6, 6.07) is 0.220.